The molecule has 0 radical (unpaired) electrons. The molecule has 2 N–H and O–H groups in total. The van der Waals surface area contributed by atoms with Gasteiger partial charge in [0.15, 0.2) is 0 Å². The summed E-state index contributed by atoms with van der Waals surface area (Å²) in [5.41, 5.74) is 5.86. The van der Waals surface area contributed by atoms with Gasteiger partial charge in [-0.25, -0.2) is 4.98 Å². The molecule has 1 aromatic heterocycles. The summed E-state index contributed by atoms with van der Waals surface area (Å²) in [6, 6.07) is 0.103. The Morgan fingerprint density at radius 3 is 3.08 bits per heavy atom. The highest BCUT2D eigenvalue weighted by Gasteiger charge is 2.29. The minimum atomic E-state index is -0.00926. The van der Waals surface area contributed by atoms with Gasteiger partial charge < -0.3 is 15.0 Å². The topological polar surface area (TPSA) is 53.1 Å². The van der Waals surface area contributed by atoms with Crippen molar-refractivity contribution in [2.45, 2.75) is 18.6 Å². The van der Waals surface area contributed by atoms with Crippen LogP contribution in [0.1, 0.15) is 18.3 Å². The maximum absolute atomic E-state index is 5.86. The van der Waals surface area contributed by atoms with Crippen molar-refractivity contribution >= 4 is 0 Å². The van der Waals surface area contributed by atoms with Crippen molar-refractivity contribution in [1.82, 2.24) is 9.55 Å². The Hall–Kier alpha value is -0.870. The van der Waals surface area contributed by atoms with Crippen molar-refractivity contribution in [1.29, 1.82) is 0 Å². The zero-order chi connectivity index (χ0) is 8.55. The van der Waals surface area contributed by atoms with Gasteiger partial charge >= 0.3 is 0 Å². The number of imidazole rings is 1. The first-order chi connectivity index (χ1) is 5.79. The first-order valence-corrected chi connectivity index (χ1v) is 4.13. The van der Waals surface area contributed by atoms with E-state index in [2.05, 4.69) is 4.98 Å². The third-order valence-corrected chi connectivity index (χ3v) is 2.25. The molecule has 2 atom stereocenters. The average Bonchev–Trinajstić information content (AvgIpc) is 2.59. The van der Waals surface area contributed by atoms with E-state index >= 15 is 0 Å². The summed E-state index contributed by atoms with van der Waals surface area (Å²) in [6.07, 6.45) is 4.59. The van der Waals surface area contributed by atoms with E-state index in [-0.39, 0.29) is 12.1 Å². The number of rotatable bonds is 1. The SMILES string of the molecule is Cn1ccnc1[C@@H]1OCC[C@H]1N. The number of nitrogens with zero attached hydrogens (tertiary/aromatic N) is 2. The van der Waals surface area contributed by atoms with Gasteiger partial charge in [-0.2, -0.15) is 0 Å². The number of hydrogen-bond donors (Lipinski definition) is 1. The standard InChI is InChI=1S/C8H13N3O/c1-11-4-3-10-8(11)7-6(9)2-5-12-7/h3-4,6-7H,2,5,9H2,1H3/t6-,7-/m1/s1. The fraction of sp³-hybridized carbons (Fsp3) is 0.625. The molecule has 2 rings (SSSR count). The predicted molar refractivity (Wildman–Crippen MR) is 44.5 cm³/mol. The number of aryl methyl sites for hydroxylation is 1. The van der Waals surface area contributed by atoms with Crippen LogP contribution in [-0.2, 0) is 11.8 Å². The maximum Gasteiger partial charge on any atom is 0.139 e. The van der Waals surface area contributed by atoms with Gasteiger partial charge in [0.25, 0.3) is 0 Å². The summed E-state index contributed by atoms with van der Waals surface area (Å²) < 4.78 is 7.44. The van der Waals surface area contributed by atoms with Crippen molar-refractivity contribution < 1.29 is 4.74 Å². The number of aromatic nitrogens is 2. The molecule has 1 fully saturated rings. The third kappa shape index (κ3) is 1.13. The Balaban J connectivity index is 2.24. The Labute approximate surface area is 71.3 Å². The third-order valence-electron chi connectivity index (χ3n) is 2.25. The lowest BCUT2D eigenvalue weighted by Crippen LogP contribution is -2.25. The molecule has 4 nitrogen and oxygen atoms in total. The second-order valence-electron chi connectivity index (χ2n) is 3.14. The lowest BCUT2D eigenvalue weighted by molar-refractivity contribution is 0.0957. The molecule has 1 aliphatic heterocycles. The van der Waals surface area contributed by atoms with Crippen LogP contribution in [-0.4, -0.2) is 22.2 Å². The highest BCUT2D eigenvalue weighted by Crippen LogP contribution is 2.25. The molecule has 0 aliphatic carbocycles. The van der Waals surface area contributed by atoms with Crippen molar-refractivity contribution in [3.05, 3.63) is 18.2 Å². The summed E-state index contributed by atoms with van der Waals surface area (Å²) in [5, 5.41) is 0. The summed E-state index contributed by atoms with van der Waals surface area (Å²) in [5.74, 6) is 0.931. The van der Waals surface area contributed by atoms with Crippen molar-refractivity contribution in [2.75, 3.05) is 6.61 Å². The highest BCUT2D eigenvalue weighted by atomic mass is 16.5. The van der Waals surface area contributed by atoms with Crippen LogP contribution in [0.3, 0.4) is 0 Å². The van der Waals surface area contributed by atoms with Crippen LogP contribution in [0.15, 0.2) is 12.4 Å². The van der Waals surface area contributed by atoms with Crippen LogP contribution in [0.5, 0.6) is 0 Å². The summed E-state index contributed by atoms with van der Waals surface area (Å²) in [7, 11) is 1.96. The molecule has 1 aliphatic rings. The Bertz CT molecular complexity index is 271. The number of ether oxygens (including phenoxy) is 1. The monoisotopic (exact) mass is 167 g/mol. The zero-order valence-electron chi connectivity index (χ0n) is 7.10. The fourth-order valence-corrected chi connectivity index (χ4v) is 1.52. The van der Waals surface area contributed by atoms with Crippen molar-refractivity contribution in [3.8, 4) is 0 Å². The maximum atomic E-state index is 5.86. The normalized spacial score (nSPS) is 29.5. The van der Waals surface area contributed by atoms with Gasteiger partial charge in [0.2, 0.25) is 0 Å². The molecule has 1 aromatic rings. The smallest absolute Gasteiger partial charge is 0.139 e. The number of nitrogens with two attached hydrogens (primary N) is 1. The van der Waals surface area contributed by atoms with Gasteiger partial charge in [0.1, 0.15) is 11.9 Å². The number of hydrogen-bond acceptors (Lipinski definition) is 3. The zero-order valence-corrected chi connectivity index (χ0v) is 7.10. The molecule has 1 saturated heterocycles. The molecular weight excluding hydrogens is 154 g/mol. The second-order valence-corrected chi connectivity index (χ2v) is 3.14. The van der Waals surface area contributed by atoms with Crippen LogP contribution >= 0.6 is 0 Å². The van der Waals surface area contributed by atoms with Gasteiger partial charge in [-0.15, -0.1) is 0 Å². The Morgan fingerprint density at radius 2 is 2.58 bits per heavy atom. The van der Waals surface area contributed by atoms with Crippen LogP contribution in [0.2, 0.25) is 0 Å². The quantitative estimate of drug-likeness (QED) is 0.650. The lowest BCUT2D eigenvalue weighted by atomic mass is 10.1. The Morgan fingerprint density at radius 1 is 1.75 bits per heavy atom. The molecule has 0 amide bonds. The summed E-state index contributed by atoms with van der Waals surface area (Å²) in [4.78, 5) is 4.21. The molecule has 0 saturated carbocycles. The van der Waals surface area contributed by atoms with Crippen LogP contribution in [0.25, 0.3) is 0 Å². The molecule has 12 heavy (non-hydrogen) atoms. The van der Waals surface area contributed by atoms with Crippen LogP contribution in [0, 0.1) is 0 Å². The van der Waals surface area contributed by atoms with E-state index < -0.39 is 0 Å². The molecule has 2 heterocycles. The average molecular weight is 167 g/mol. The predicted octanol–water partition coefficient (Wildman–Crippen LogP) is 0.209. The second kappa shape index (κ2) is 2.88. The Kier molecular flexibility index (Phi) is 1.86. The largest absolute Gasteiger partial charge is 0.369 e. The summed E-state index contributed by atoms with van der Waals surface area (Å²) >= 11 is 0. The van der Waals surface area contributed by atoms with Crippen LogP contribution < -0.4 is 5.73 Å². The lowest BCUT2D eigenvalue weighted by Gasteiger charge is -2.13. The molecule has 4 heteroatoms. The highest BCUT2D eigenvalue weighted by molar-refractivity contribution is 5.01. The van der Waals surface area contributed by atoms with Gasteiger partial charge in [-0.05, 0) is 6.42 Å². The van der Waals surface area contributed by atoms with E-state index in [4.69, 9.17) is 10.5 Å². The van der Waals surface area contributed by atoms with E-state index in [0.29, 0.717) is 0 Å². The van der Waals surface area contributed by atoms with Gasteiger partial charge in [-0.3, -0.25) is 0 Å². The minimum absolute atomic E-state index is 0.00926. The van der Waals surface area contributed by atoms with Crippen molar-refractivity contribution in [2.24, 2.45) is 12.8 Å². The molecule has 0 bridgehead atoms. The van der Waals surface area contributed by atoms with E-state index in [1.54, 1.807) is 6.20 Å². The molecule has 0 unspecified atom stereocenters. The molecule has 66 valence electrons. The van der Waals surface area contributed by atoms with E-state index in [0.717, 1.165) is 18.9 Å². The van der Waals surface area contributed by atoms with Crippen LogP contribution in [0.4, 0.5) is 0 Å². The van der Waals surface area contributed by atoms with E-state index in [1.807, 2.05) is 17.8 Å². The van der Waals surface area contributed by atoms with E-state index in [1.165, 1.54) is 0 Å². The van der Waals surface area contributed by atoms with E-state index in [9.17, 15) is 0 Å². The van der Waals surface area contributed by atoms with Gasteiger partial charge in [0.05, 0.1) is 0 Å². The fourth-order valence-electron chi connectivity index (χ4n) is 1.52. The summed E-state index contributed by atoms with van der Waals surface area (Å²) in [6.45, 7) is 0.749. The van der Waals surface area contributed by atoms with Crippen molar-refractivity contribution in [3.63, 3.8) is 0 Å². The molecular formula is C8H13N3O. The first kappa shape index (κ1) is 7.76. The molecule has 0 spiro atoms. The minimum Gasteiger partial charge on any atom is -0.369 e. The first-order valence-electron chi connectivity index (χ1n) is 4.13. The van der Waals surface area contributed by atoms with Gasteiger partial charge in [0, 0.05) is 32.1 Å². The molecule has 0 aromatic carbocycles. The van der Waals surface area contributed by atoms with Gasteiger partial charge in [-0.1, -0.05) is 0 Å².